The molecule has 0 spiro atoms. The molecule has 0 bridgehead atoms. The molecule has 0 aromatic heterocycles. The van der Waals surface area contributed by atoms with E-state index < -0.39 is 29.0 Å². The molecule has 0 N–H and O–H groups in total. The first-order valence-corrected chi connectivity index (χ1v) is 5.72. The molecule has 5 heteroatoms. The number of carbonyl (C=O) groups excluding carboxylic acids is 1. The highest BCUT2D eigenvalue weighted by Gasteiger charge is 2.14. The highest BCUT2D eigenvalue weighted by Crippen LogP contribution is 2.14. The van der Waals surface area contributed by atoms with Gasteiger partial charge in [0.1, 0.15) is 11.4 Å². The van der Waals surface area contributed by atoms with Crippen molar-refractivity contribution in [3.63, 3.8) is 0 Å². The molecule has 0 aliphatic rings. The van der Waals surface area contributed by atoms with Crippen molar-refractivity contribution >= 4 is 5.97 Å². The van der Waals surface area contributed by atoms with Crippen LogP contribution >= 0.6 is 0 Å². The zero-order chi connectivity index (χ0) is 14.6. The van der Waals surface area contributed by atoms with E-state index in [0.717, 1.165) is 12.1 Å². The SMILES string of the molecule is CC(C)(C)OC(=O)/C=C/Cc1cc(F)c(F)cc1F. The van der Waals surface area contributed by atoms with Crippen LogP contribution in [0, 0.1) is 17.5 Å². The summed E-state index contributed by atoms with van der Waals surface area (Å²) in [5.41, 5.74) is -0.645. The van der Waals surface area contributed by atoms with Crippen molar-refractivity contribution in [2.75, 3.05) is 0 Å². The number of hydrogen-bond donors (Lipinski definition) is 0. The van der Waals surface area contributed by atoms with Gasteiger partial charge in [0.15, 0.2) is 11.6 Å². The lowest BCUT2D eigenvalue weighted by Crippen LogP contribution is -2.22. The predicted molar refractivity (Wildman–Crippen MR) is 65.0 cm³/mol. The van der Waals surface area contributed by atoms with Gasteiger partial charge in [0.25, 0.3) is 0 Å². The summed E-state index contributed by atoms with van der Waals surface area (Å²) in [5, 5.41) is 0. The molecule has 0 atom stereocenters. The van der Waals surface area contributed by atoms with Gasteiger partial charge in [-0.25, -0.2) is 18.0 Å². The van der Waals surface area contributed by atoms with E-state index in [2.05, 4.69) is 0 Å². The van der Waals surface area contributed by atoms with Gasteiger partial charge in [-0.1, -0.05) is 6.08 Å². The van der Waals surface area contributed by atoms with Crippen LogP contribution in [0.2, 0.25) is 0 Å². The maximum absolute atomic E-state index is 13.3. The highest BCUT2D eigenvalue weighted by molar-refractivity contribution is 5.82. The summed E-state index contributed by atoms with van der Waals surface area (Å²) in [7, 11) is 0. The number of rotatable bonds is 3. The molecule has 0 amide bonds. The maximum Gasteiger partial charge on any atom is 0.330 e. The Labute approximate surface area is 109 Å². The molecular formula is C14H15F3O2. The van der Waals surface area contributed by atoms with E-state index in [4.69, 9.17) is 4.74 Å². The largest absolute Gasteiger partial charge is 0.457 e. The number of esters is 1. The van der Waals surface area contributed by atoms with Crippen molar-refractivity contribution in [1.82, 2.24) is 0 Å². The Hall–Kier alpha value is -1.78. The monoisotopic (exact) mass is 272 g/mol. The lowest BCUT2D eigenvalue weighted by atomic mass is 10.1. The summed E-state index contributed by atoms with van der Waals surface area (Å²) < 4.78 is 43.9. The second-order valence-electron chi connectivity index (χ2n) is 5.00. The van der Waals surface area contributed by atoms with Crippen LogP contribution in [0.4, 0.5) is 13.2 Å². The third kappa shape index (κ3) is 5.16. The molecule has 0 radical (unpaired) electrons. The minimum atomic E-state index is -1.24. The van der Waals surface area contributed by atoms with Crippen molar-refractivity contribution < 1.29 is 22.7 Å². The minimum absolute atomic E-state index is 0.0255. The fourth-order valence-corrected chi connectivity index (χ4v) is 1.34. The molecule has 2 nitrogen and oxygen atoms in total. The average molecular weight is 272 g/mol. The zero-order valence-corrected chi connectivity index (χ0v) is 11.0. The van der Waals surface area contributed by atoms with Gasteiger partial charge in [0, 0.05) is 12.1 Å². The molecule has 0 unspecified atom stereocenters. The Bertz CT molecular complexity index is 502. The molecule has 0 fully saturated rings. The summed E-state index contributed by atoms with van der Waals surface area (Å²) in [6, 6.07) is 1.25. The standard InChI is InChI=1S/C14H15F3O2/c1-14(2,3)19-13(18)6-4-5-9-7-11(16)12(17)8-10(9)15/h4,6-8H,5H2,1-3H3/b6-4+. The average Bonchev–Trinajstić information content (AvgIpc) is 2.22. The topological polar surface area (TPSA) is 26.3 Å². The molecule has 1 rings (SSSR count). The number of carbonyl (C=O) groups is 1. The van der Waals surface area contributed by atoms with E-state index in [9.17, 15) is 18.0 Å². The van der Waals surface area contributed by atoms with Crippen molar-refractivity contribution in [3.05, 3.63) is 47.3 Å². The normalized spacial score (nSPS) is 11.9. The van der Waals surface area contributed by atoms with Crippen LogP contribution in [0.5, 0.6) is 0 Å². The van der Waals surface area contributed by atoms with Crippen LogP contribution in [0.3, 0.4) is 0 Å². The molecular weight excluding hydrogens is 257 g/mol. The third-order valence-corrected chi connectivity index (χ3v) is 2.09. The Balaban J connectivity index is 2.67. The minimum Gasteiger partial charge on any atom is -0.457 e. The summed E-state index contributed by atoms with van der Waals surface area (Å²) in [6.45, 7) is 5.15. The van der Waals surface area contributed by atoms with Gasteiger partial charge in [0.2, 0.25) is 0 Å². The summed E-state index contributed by atoms with van der Waals surface area (Å²) in [4.78, 5) is 11.3. The Morgan fingerprint density at radius 3 is 2.32 bits per heavy atom. The lowest BCUT2D eigenvalue weighted by Gasteiger charge is -2.17. The van der Waals surface area contributed by atoms with E-state index in [0.29, 0.717) is 6.07 Å². The molecule has 0 saturated heterocycles. The van der Waals surface area contributed by atoms with Crippen molar-refractivity contribution in [2.24, 2.45) is 0 Å². The van der Waals surface area contributed by atoms with Gasteiger partial charge in [0.05, 0.1) is 0 Å². The fourth-order valence-electron chi connectivity index (χ4n) is 1.34. The first-order chi connectivity index (χ1) is 8.69. The molecule has 0 aliphatic carbocycles. The summed E-state index contributed by atoms with van der Waals surface area (Å²) in [6.07, 6.45) is 2.44. The van der Waals surface area contributed by atoms with Crippen LogP contribution < -0.4 is 0 Å². The molecule has 19 heavy (non-hydrogen) atoms. The van der Waals surface area contributed by atoms with Crippen LogP contribution in [0.1, 0.15) is 26.3 Å². The van der Waals surface area contributed by atoms with E-state index in [1.807, 2.05) is 0 Å². The number of allylic oxidation sites excluding steroid dienone is 1. The molecule has 0 heterocycles. The Morgan fingerprint density at radius 1 is 1.16 bits per heavy atom. The van der Waals surface area contributed by atoms with Crippen LogP contribution in [0.15, 0.2) is 24.3 Å². The van der Waals surface area contributed by atoms with Gasteiger partial charge in [-0.3, -0.25) is 0 Å². The predicted octanol–water partition coefficient (Wildman–Crippen LogP) is 3.54. The van der Waals surface area contributed by atoms with Gasteiger partial charge < -0.3 is 4.74 Å². The van der Waals surface area contributed by atoms with Gasteiger partial charge in [-0.2, -0.15) is 0 Å². The number of benzene rings is 1. The summed E-state index contributed by atoms with van der Waals surface area (Å²) >= 11 is 0. The molecule has 1 aromatic carbocycles. The number of hydrogen-bond acceptors (Lipinski definition) is 2. The fraction of sp³-hybridized carbons (Fsp3) is 0.357. The molecule has 1 aromatic rings. The van der Waals surface area contributed by atoms with E-state index in [-0.39, 0.29) is 12.0 Å². The van der Waals surface area contributed by atoms with Crippen molar-refractivity contribution in [2.45, 2.75) is 32.8 Å². The second kappa shape index (κ2) is 5.91. The van der Waals surface area contributed by atoms with Gasteiger partial charge >= 0.3 is 5.97 Å². The molecule has 0 saturated carbocycles. The van der Waals surface area contributed by atoms with E-state index in [1.54, 1.807) is 20.8 Å². The summed E-state index contributed by atoms with van der Waals surface area (Å²) in [5.74, 6) is -3.79. The second-order valence-corrected chi connectivity index (χ2v) is 5.00. The molecule has 0 aliphatic heterocycles. The van der Waals surface area contributed by atoms with Crippen molar-refractivity contribution in [3.8, 4) is 0 Å². The number of ether oxygens (including phenoxy) is 1. The zero-order valence-electron chi connectivity index (χ0n) is 11.0. The van der Waals surface area contributed by atoms with Crippen LogP contribution in [0.25, 0.3) is 0 Å². The Kier molecular flexibility index (Phi) is 4.75. The lowest BCUT2D eigenvalue weighted by molar-refractivity contribution is -0.148. The number of halogens is 3. The first-order valence-electron chi connectivity index (χ1n) is 5.72. The molecule has 104 valence electrons. The highest BCUT2D eigenvalue weighted by atomic mass is 19.2. The van der Waals surface area contributed by atoms with Crippen LogP contribution in [-0.2, 0) is 16.0 Å². The quantitative estimate of drug-likeness (QED) is 0.478. The van der Waals surface area contributed by atoms with Crippen molar-refractivity contribution in [1.29, 1.82) is 0 Å². The van der Waals surface area contributed by atoms with Gasteiger partial charge in [-0.15, -0.1) is 0 Å². The Morgan fingerprint density at radius 2 is 1.74 bits per heavy atom. The first kappa shape index (κ1) is 15.3. The smallest absolute Gasteiger partial charge is 0.330 e. The maximum atomic E-state index is 13.3. The third-order valence-electron chi connectivity index (χ3n) is 2.09. The van der Waals surface area contributed by atoms with E-state index >= 15 is 0 Å². The van der Waals surface area contributed by atoms with Crippen LogP contribution in [-0.4, -0.2) is 11.6 Å². The van der Waals surface area contributed by atoms with Gasteiger partial charge in [-0.05, 0) is 38.8 Å². The van der Waals surface area contributed by atoms with E-state index in [1.165, 1.54) is 6.08 Å².